The molecule has 0 aliphatic rings. The Kier molecular flexibility index (Phi) is 16.9. The van der Waals surface area contributed by atoms with Gasteiger partial charge in [-0.15, -0.1) is 0 Å². The summed E-state index contributed by atoms with van der Waals surface area (Å²) < 4.78 is 69.2. The quantitative estimate of drug-likeness (QED) is 0.0609. The number of aliphatic carboxylic acids is 4. The Bertz CT molecular complexity index is 1560. The van der Waals surface area contributed by atoms with E-state index in [1.54, 1.807) is 0 Å². The maximum absolute atomic E-state index is 12.7. The Morgan fingerprint density at radius 2 is 1.28 bits per heavy atom. The molecule has 1 atom stereocenters. The van der Waals surface area contributed by atoms with Crippen molar-refractivity contribution in [3.63, 3.8) is 0 Å². The zero-order chi connectivity index (χ0) is 39.0. The zero-order valence-electron chi connectivity index (χ0n) is 25.0. The molecule has 23 heteroatoms. The number of anilines is 1. The Balaban J connectivity index is 0.00000143. The SMILES string of the molecule is N=C(N)Nc1ccc(C(=O)N[C@H](CCC(=O)O)COc2cc(C(=N)N)ccc2CC(=O)C(=O)O)cc1.O=C(O)C(F)(F)F.O=C(O)C(F)(F)F. The molecule has 0 fully saturated rings. The number of ketones is 1. The van der Waals surface area contributed by atoms with Crippen molar-refractivity contribution in [1.29, 1.82) is 10.8 Å². The van der Waals surface area contributed by atoms with Crippen LogP contribution in [0.1, 0.15) is 34.3 Å². The molecule has 0 bridgehead atoms. The molecule has 1 amide bonds. The van der Waals surface area contributed by atoms with Crippen LogP contribution in [0.25, 0.3) is 0 Å². The molecule has 0 heterocycles. The molecule has 12 N–H and O–H groups in total. The lowest BCUT2D eigenvalue weighted by Gasteiger charge is -2.20. The Hall–Kier alpha value is -6.42. The average Bonchev–Trinajstić information content (AvgIpc) is 2.98. The van der Waals surface area contributed by atoms with Crippen LogP contribution in [-0.4, -0.2) is 92.8 Å². The highest BCUT2D eigenvalue weighted by Crippen LogP contribution is 2.22. The molecule has 17 nitrogen and oxygen atoms in total. The van der Waals surface area contributed by atoms with E-state index in [1.165, 1.54) is 42.5 Å². The predicted molar refractivity (Wildman–Crippen MR) is 157 cm³/mol. The second kappa shape index (κ2) is 19.4. The topological polar surface area (TPSA) is 316 Å². The lowest BCUT2D eigenvalue weighted by molar-refractivity contribution is -0.193. The van der Waals surface area contributed by atoms with E-state index in [4.69, 9.17) is 57.0 Å². The number of halogens is 6. The molecule has 0 spiro atoms. The molecule has 2 rings (SSSR count). The minimum absolute atomic E-state index is 0.0147. The smallest absolute Gasteiger partial charge is 0.490 e. The van der Waals surface area contributed by atoms with Gasteiger partial charge < -0.3 is 47.3 Å². The third-order valence-electron chi connectivity index (χ3n) is 5.36. The van der Waals surface area contributed by atoms with E-state index >= 15 is 0 Å². The van der Waals surface area contributed by atoms with Crippen LogP contribution in [0.5, 0.6) is 5.75 Å². The fourth-order valence-corrected chi connectivity index (χ4v) is 3.07. The van der Waals surface area contributed by atoms with Gasteiger partial charge in [0.25, 0.3) is 5.91 Å². The lowest BCUT2D eigenvalue weighted by atomic mass is 10.0. The minimum atomic E-state index is -5.08. The number of carbonyl (C=O) groups is 6. The van der Waals surface area contributed by atoms with Crippen molar-refractivity contribution >= 4 is 53.1 Å². The Labute approximate surface area is 275 Å². The summed E-state index contributed by atoms with van der Waals surface area (Å²) in [5, 5.41) is 52.3. The highest BCUT2D eigenvalue weighted by molar-refractivity contribution is 6.33. The number of guanidine groups is 1. The van der Waals surface area contributed by atoms with Gasteiger partial charge in [-0.25, -0.2) is 14.4 Å². The highest BCUT2D eigenvalue weighted by atomic mass is 19.4. The van der Waals surface area contributed by atoms with Gasteiger partial charge in [0.2, 0.25) is 5.78 Å². The van der Waals surface area contributed by atoms with Gasteiger partial charge in [0.05, 0.1) is 6.04 Å². The molecule has 0 radical (unpaired) electrons. The van der Waals surface area contributed by atoms with Crippen LogP contribution in [0, 0.1) is 10.8 Å². The van der Waals surface area contributed by atoms with Crippen molar-refractivity contribution in [2.45, 2.75) is 37.7 Å². The van der Waals surface area contributed by atoms with Crippen molar-refractivity contribution in [3.8, 4) is 5.75 Å². The molecule has 0 saturated carbocycles. The second-order valence-corrected chi connectivity index (χ2v) is 9.28. The number of benzene rings is 2. The number of nitrogens with two attached hydrogens (primary N) is 2. The van der Waals surface area contributed by atoms with Crippen LogP contribution < -0.4 is 26.8 Å². The third-order valence-corrected chi connectivity index (χ3v) is 5.36. The number of carboxylic acids is 4. The molecule has 0 aliphatic carbocycles. The van der Waals surface area contributed by atoms with Crippen molar-refractivity contribution in [2.75, 3.05) is 11.9 Å². The predicted octanol–water partition coefficient (Wildman–Crippen LogP) is 1.78. The number of hydrogen-bond donors (Lipinski definition) is 10. The number of nitrogen functional groups attached to an aromatic ring is 1. The molecule has 2 aromatic rings. The van der Waals surface area contributed by atoms with Crippen molar-refractivity contribution in [1.82, 2.24) is 5.32 Å². The molecule has 0 unspecified atom stereocenters. The summed E-state index contributed by atoms with van der Waals surface area (Å²) in [5.41, 5.74) is 12.0. The van der Waals surface area contributed by atoms with Gasteiger partial charge >= 0.3 is 36.2 Å². The van der Waals surface area contributed by atoms with Gasteiger partial charge in [0, 0.05) is 35.2 Å². The van der Waals surface area contributed by atoms with Crippen LogP contribution >= 0.6 is 0 Å². The first-order chi connectivity index (χ1) is 22.8. The van der Waals surface area contributed by atoms with E-state index in [-0.39, 0.29) is 53.7 Å². The van der Waals surface area contributed by atoms with Crippen molar-refractivity contribution in [2.24, 2.45) is 11.5 Å². The molecule has 274 valence electrons. The van der Waals surface area contributed by atoms with Gasteiger partial charge in [-0.1, -0.05) is 12.1 Å². The lowest BCUT2D eigenvalue weighted by Crippen LogP contribution is -2.39. The van der Waals surface area contributed by atoms with Gasteiger partial charge in [0.15, 0.2) is 5.96 Å². The van der Waals surface area contributed by atoms with Crippen LogP contribution in [0.2, 0.25) is 0 Å². The fraction of sp³-hybridized carbons (Fsp3) is 0.259. The summed E-state index contributed by atoms with van der Waals surface area (Å²) in [6, 6.07) is 9.50. The largest absolute Gasteiger partial charge is 0.491 e. The fourth-order valence-electron chi connectivity index (χ4n) is 3.07. The molecule has 0 aliphatic heterocycles. The van der Waals surface area contributed by atoms with Crippen LogP contribution in [0.3, 0.4) is 0 Å². The van der Waals surface area contributed by atoms with Gasteiger partial charge in [-0.05, 0) is 36.8 Å². The summed E-state index contributed by atoms with van der Waals surface area (Å²) in [5.74, 6) is -10.3. The molecular weight excluding hydrogens is 698 g/mol. The maximum atomic E-state index is 12.7. The molecule has 0 saturated heterocycles. The first-order valence-corrected chi connectivity index (χ1v) is 13.0. The van der Waals surface area contributed by atoms with E-state index in [1.807, 2.05) is 0 Å². The summed E-state index contributed by atoms with van der Waals surface area (Å²) in [6.07, 6.45) is -10.9. The second-order valence-electron chi connectivity index (χ2n) is 9.28. The Morgan fingerprint density at radius 1 is 0.800 bits per heavy atom. The summed E-state index contributed by atoms with van der Waals surface area (Å²) >= 11 is 0. The molecule has 2 aromatic carbocycles. The third kappa shape index (κ3) is 17.5. The number of carboxylic acid groups (broad SMARTS) is 4. The van der Waals surface area contributed by atoms with E-state index in [0.29, 0.717) is 5.69 Å². The normalized spacial score (nSPS) is 11.2. The van der Waals surface area contributed by atoms with Crippen molar-refractivity contribution < 1.29 is 80.3 Å². The number of ether oxygens (including phenoxy) is 1. The number of nitrogens with one attached hydrogen (secondary N) is 4. The number of amides is 1. The number of hydrogen-bond acceptors (Lipinski definition) is 9. The number of carbonyl (C=O) groups excluding carboxylic acids is 2. The molecular formula is C27H28F6N6O11. The number of rotatable bonds is 13. The van der Waals surface area contributed by atoms with E-state index in [2.05, 4.69) is 10.6 Å². The van der Waals surface area contributed by atoms with Crippen molar-refractivity contribution in [3.05, 3.63) is 59.2 Å². The summed E-state index contributed by atoms with van der Waals surface area (Å²) in [4.78, 5) is 64.3. The highest BCUT2D eigenvalue weighted by Gasteiger charge is 2.38. The van der Waals surface area contributed by atoms with E-state index in [0.717, 1.165) is 0 Å². The van der Waals surface area contributed by atoms with Crippen LogP contribution in [0.4, 0.5) is 32.0 Å². The van der Waals surface area contributed by atoms with Crippen LogP contribution in [0.15, 0.2) is 42.5 Å². The first kappa shape index (κ1) is 43.6. The van der Waals surface area contributed by atoms with Gasteiger partial charge in [0.1, 0.15) is 18.2 Å². The first-order valence-electron chi connectivity index (χ1n) is 13.0. The maximum Gasteiger partial charge on any atom is 0.490 e. The minimum Gasteiger partial charge on any atom is -0.491 e. The number of amidine groups is 1. The van der Waals surface area contributed by atoms with Crippen LogP contribution in [-0.2, 0) is 30.4 Å². The molecule has 0 aromatic heterocycles. The van der Waals surface area contributed by atoms with Gasteiger partial charge in [-0.3, -0.25) is 25.2 Å². The zero-order valence-corrected chi connectivity index (χ0v) is 25.0. The van der Waals surface area contributed by atoms with E-state index in [9.17, 15) is 45.5 Å². The number of alkyl halides is 6. The summed E-state index contributed by atoms with van der Waals surface area (Å²) in [7, 11) is 0. The monoisotopic (exact) mass is 726 g/mol. The van der Waals surface area contributed by atoms with E-state index < -0.39 is 60.4 Å². The summed E-state index contributed by atoms with van der Waals surface area (Å²) in [6.45, 7) is -0.210. The number of Topliss-reactive ketones (excluding diaryl/α,β-unsaturated/α-hetero) is 1. The Morgan fingerprint density at radius 3 is 1.68 bits per heavy atom. The standard InChI is InChI=1S/C23H26N6O7.2C2HF3O2/c24-20(25)14-2-1-13(9-17(30)22(34)35)18(10-14)36-11-16(7-8-19(31)32)28-21(33)12-3-5-15(6-4-12)29-23(26)27;2*3-2(4,5)1(6)7/h1-6,10,16H,7-9,11H2,(H3,24,25)(H,28,33)(H,31,32)(H,34,35)(H4,26,27,29);2*(H,6,7)/t16-;;/m1../s1. The molecule has 50 heavy (non-hydrogen) atoms. The van der Waals surface area contributed by atoms with Gasteiger partial charge in [-0.2, -0.15) is 26.3 Å². The average molecular weight is 727 g/mol.